The summed E-state index contributed by atoms with van der Waals surface area (Å²) in [7, 11) is 2.16. The molecule has 0 spiro atoms. The lowest BCUT2D eigenvalue weighted by molar-refractivity contribution is -0.139. The summed E-state index contributed by atoms with van der Waals surface area (Å²) in [5.74, 6) is -1.08. The maximum Gasteiger partial charge on any atom is 0.419 e. The van der Waals surface area contributed by atoms with Crippen molar-refractivity contribution in [3.05, 3.63) is 45.7 Å². The highest BCUT2D eigenvalue weighted by Crippen LogP contribution is 2.66. The van der Waals surface area contributed by atoms with Crippen LogP contribution in [0.15, 0.2) is 24.4 Å². The SMILES string of the molecule is CN1CC2CC1CN2CCCN(C(=O)Nc1ccc(F)c(C(F)(F)F)c1)[C@@H]1CC[C@@]2(c3cnc(CN)s3)C[C@@H]12. The Bertz CT molecular complexity index is 1240. The van der Waals surface area contributed by atoms with Gasteiger partial charge in [0.1, 0.15) is 10.8 Å². The van der Waals surface area contributed by atoms with Gasteiger partial charge in [0.2, 0.25) is 0 Å². The quantitative estimate of drug-likeness (QED) is 0.461. The van der Waals surface area contributed by atoms with Gasteiger partial charge >= 0.3 is 12.2 Å². The van der Waals surface area contributed by atoms with E-state index in [9.17, 15) is 22.4 Å². The minimum atomic E-state index is -4.84. The van der Waals surface area contributed by atoms with Crippen molar-refractivity contribution >= 4 is 23.1 Å². The van der Waals surface area contributed by atoms with E-state index in [-0.39, 0.29) is 23.1 Å². The summed E-state index contributed by atoms with van der Waals surface area (Å²) in [6, 6.07) is 3.30. The zero-order valence-corrected chi connectivity index (χ0v) is 22.7. The Morgan fingerprint density at radius 1 is 1.31 bits per heavy atom. The first-order valence-corrected chi connectivity index (χ1v) is 14.4. The molecular formula is C27H34F4N6OS. The number of nitrogens with two attached hydrogens (primary N) is 1. The van der Waals surface area contributed by atoms with E-state index in [4.69, 9.17) is 5.73 Å². The number of nitrogens with one attached hydrogen (secondary N) is 1. The van der Waals surface area contributed by atoms with E-state index in [0.717, 1.165) is 56.4 Å². The molecule has 39 heavy (non-hydrogen) atoms. The van der Waals surface area contributed by atoms with Gasteiger partial charge in [0.15, 0.2) is 0 Å². The van der Waals surface area contributed by atoms with Crippen molar-refractivity contribution in [2.75, 3.05) is 38.5 Å². The van der Waals surface area contributed by atoms with E-state index in [0.29, 0.717) is 31.2 Å². The van der Waals surface area contributed by atoms with Gasteiger partial charge in [0.05, 0.1) is 5.56 Å². The maximum atomic E-state index is 13.8. The molecule has 2 bridgehead atoms. The van der Waals surface area contributed by atoms with E-state index in [1.165, 1.54) is 17.4 Å². The first kappa shape index (κ1) is 26.9. The molecule has 6 rings (SSSR count). The van der Waals surface area contributed by atoms with E-state index < -0.39 is 23.6 Å². The molecule has 2 unspecified atom stereocenters. The number of nitrogens with zero attached hydrogens (tertiary/aromatic N) is 4. The highest BCUT2D eigenvalue weighted by atomic mass is 32.1. The molecule has 3 N–H and O–H groups in total. The Morgan fingerprint density at radius 3 is 2.77 bits per heavy atom. The molecule has 2 amide bonds. The number of carbonyl (C=O) groups is 1. The monoisotopic (exact) mass is 566 g/mol. The number of amides is 2. The molecular weight excluding hydrogens is 532 g/mol. The van der Waals surface area contributed by atoms with Crippen LogP contribution in [0.5, 0.6) is 0 Å². The third-order valence-electron chi connectivity index (χ3n) is 9.36. The molecule has 7 nitrogen and oxygen atoms in total. The van der Waals surface area contributed by atoms with Crippen molar-refractivity contribution in [1.82, 2.24) is 19.7 Å². The zero-order chi connectivity index (χ0) is 27.5. The molecule has 0 radical (unpaired) electrons. The Kier molecular flexibility index (Phi) is 6.88. The van der Waals surface area contributed by atoms with Gasteiger partial charge in [-0.25, -0.2) is 14.2 Å². The largest absolute Gasteiger partial charge is 0.419 e. The van der Waals surface area contributed by atoms with Crippen LogP contribution in [0.1, 0.15) is 47.6 Å². The van der Waals surface area contributed by atoms with E-state index in [2.05, 4.69) is 27.1 Å². The molecule has 1 aromatic heterocycles. The molecule has 5 atom stereocenters. The van der Waals surface area contributed by atoms with Crippen LogP contribution < -0.4 is 11.1 Å². The lowest BCUT2D eigenvalue weighted by Crippen LogP contribution is -2.47. The molecule has 4 fully saturated rings. The van der Waals surface area contributed by atoms with Gasteiger partial charge in [-0.15, -0.1) is 11.3 Å². The van der Waals surface area contributed by atoms with E-state index in [1.807, 2.05) is 11.1 Å². The number of halogens is 4. The lowest BCUT2D eigenvalue weighted by atomic mass is 10.0. The molecule has 2 saturated heterocycles. The Hall–Kier alpha value is -2.28. The number of hydrogen-bond donors (Lipinski definition) is 2. The fourth-order valence-corrected chi connectivity index (χ4v) is 8.33. The highest BCUT2D eigenvalue weighted by molar-refractivity contribution is 7.11. The Balaban J connectivity index is 1.17. The zero-order valence-electron chi connectivity index (χ0n) is 21.9. The van der Waals surface area contributed by atoms with Crippen LogP contribution in [-0.4, -0.2) is 77.1 Å². The van der Waals surface area contributed by atoms with Crippen LogP contribution in [0.25, 0.3) is 0 Å². The van der Waals surface area contributed by atoms with Crippen LogP contribution in [0.3, 0.4) is 0 Å². The average molecular weight is 567 g/mol. The molecule has 2 aromatic rings. The summed E-state index contributed by atoms with van der Waals surface area (Å²) in [6.45, 7) is 3.89. The van der Waals surface area contributed by atoms with Gasteiger partial charge in [-0.3, -0.25) is 4.90 Å². The molecule has 2 saturated carbocycles. The van der Waals surface area contributed by atoms with Gasteiger partial charge < -0.3 is 20.9 Å². The number of rotatable bonds is 8. The molecule has 4 aliphatic rings. The molecule has 12 heteroatoms. The summed E-state index contributed by atoms with van der Waals surface area (Å²) in [5.41, 5.74) is 4.34. The topological polar surface area (TPSA) is 77.7 Å². The third-order valence-corrected chi connectivity index (χ3v) is 10.6. The number of hydrogen-bond acceptors (Lipinski definition) is 6. The van der Waals surface area contributed by atoms with Gasteiger partial charge in [-0.1, -0.05) is 0 Å². The van der Waals surface area contributed by atoms with Gasteiger partial charge in [-0.2, -0.15) is 13.2 Å². The van der Waals surface area contributed by atoms with Gasteiger partial charge in [0, 0.05) is 73.0 Å². The summed E-state index contributed by atoms with van der Waals surface area (Å²) in [5, 5.41) is 3.54. The molecule has 1 aromatic carbocycles. The number of urea groups is 1. The van der Waals surface area contributed by atoms with Crippen LogP contribution in [-0.2, 0) is 18.1 Å². The summed E-state index contributed by atoms with van der Waals surface area (Å²) < 4.78 is 53.7. The fourth-order valence-electron chi connectivity index (χ4n) is 7.25. The number of piperazine rings is 1. The summed E-state index contributed by atoms with van der Waals surface area (Å²) in [4.78, 5) is 26.0. The maximum absolute atomic E-state index is 13.8. The number of carbonyl (C=O) groups excluding carboxylic acids is 1. The third kappa shape index (κ3) is 4.93. The molecule has 2 aliphatic carbocycles. The van der Waals surface area contributed by atoms with Crippen molar-refractivity contribution in [2.24, 2.45) is 11.7 Å². The van der Waals surface area contributed by atoms with Crippen molar-refractivity contribution in [3.63, 3.8) is 0 Å². The smallest absolute Gasteiger partial charge is 0.325 e. The molecule has 3 heterocycles. The van der Waals surface area contributed by atoms with E-state index in [1.54, 1.807) is 11.3 Å². The second-order valence-corrected chi connectivity index (χ2v) is 12.7. The van der Waals surface area contributed by atoms with Gasteiger partial charge in [0.25, 0.3) is 0 Å². The number of benzene rings is 1. The number of likely N-dealkylation sites (N-methyl/N-ethyl adjacent to an activating group) is 1. The standard InChI is InChI=1S/C27H34F4N6OS/c1-35-14-18-10-17(35)15-36(18)7-2-8-37(25(38)34-16-3-4-21(28)19(9-16)27(29,30)31)22-5-6-26(11-20(22)26)23-13-33-24(12-32)39-23/h3-4,9,13,17-18,20,22H,2,5-8,10-12,14-15,32H2,1H3,(H,34,38)/t17?,18?,20-,22+,26+/m0/s1. The summed E-state index contributed by atoms with van der Waals surface area (Å²) in [6.07, 6.45) is 1.76. The highest BCUT2D eigenvalue weighted by Gasteiger charge is 2.65. The predicted octanol–water partition coefficient (Wildman–Crippen LogP) is 4.49. The van der Waals surface area contributed by atoms with Crippen LogP contribution in [0.2, 0.25) is 0 Å². The van der Waals surface area contributed by atoms with Crippen LogP contribution in [0, 0.1) is 11.7 Å². The van der Waals surface area contributed by atoms with Crippen LogP contribution >= 0.6 is 11.3 Å². The van der Waals surface area contributed by atoms with Gasteiger partial charge in [-0.05, 0) is 63.3 Å². The average Bonchev–Trinajstić information content (AvgIpc) is 3.34. The first-order chi connectivity index (χ1) is 18.6. The first-order valence-electron chi connectivity index (χ1n) is 13.6. The number of thiazole rings is 1. The summed E-state index contributed by atoms with van der Waals surface area (Å²) >= 11 is 1.63. The second-order valence-electron chi connectivity index (χ2n) is 11.5. The lowest BCUT2D eigenvalue weighted by Gasteiger charge is -2.34. The van der Waals surface area contributed by atoms with Crippen molar-refractivity contribution in [1.29, 1.82) is 0 Å². The van der Waals surface area contributed by atoms with Crippen molar-refractivity contribution < 1.29 is 22.4 Å². The van der Waals surface area contributed by atoms with Crippen LogP contribution in [0.4, 0.5) is 28.0 Å². The predicted molar refractivity (Wildman–Crippen MR) is 141 cm³/mol. The van der Waals surface area contributed by atoms with Crippen molar-refractivity contribution in [2.45, 2.75) is 68.4 Å². The minimum Gasteiger partial charge on any atom is -0.325 e. The minimum absolute atomic E-state index is 0.00625. The Morgan fingerprint density at radius 2 is 2.13 bits per heavy atom. The number of alkyl halides is 3. The Labute approximate surface area is 229 Å². The number of likely N-dealkylation sites (tertiary alicyclic amines) is 2. The number of anilines is 1. The van der Waals surface area contributed by atoms with E-state index >= 15 is 0 Å². The fraction of sp³-hybridized carbons (Fsp3) is 0.630. The number of aromatic nitrogens is 1. The second kappa shape index (κ2) is 9.97. The normalized spacial score (nSPS) is 30.1. The number of fused-ring (bicyclic) bond motifs is 3. The molecule has 212 valence electrons. The van der Waals surface area contributed by atoms with Crippen molar-refractivity contribution in [3.8, 4) is 0 Å². The molecule has 2 aliphatic heterocycles.